The summed E-state index contributed by atoms with van der Waals surface area (Å²) in [5.41, 5.74) is 6.52. The maximum atomic E-state index is 5.73. The van der Waals surface area contributed by atoms with E-state index in [1.165, 1.54) is 0 Å². The van der Waals surface area contributed by atoms with Gasteiger partial charge in [0.15, 0.2) is 0 Å². The summed E-state index contributed by atoms with van der Waals surface area (Å²) < 4.78 is 5.65. The van der Waals surface area contributed by atoms with Gasteiger partial charge in [-0.3, -0.25) is 0 Å². The van der Waals surface area contributed by atoms with Crippen LogP contribution in [0.5, 0.6) is 0 Å². The molecule has 0 aliphatic heterocycles. The first-order valence-electron chi connectivity index (χ1n) is 5.30. The lowest BCUT2D eigenvalue weighted by molar-refractivity contribution is -0.0142. The van der Waals surface area contributed by atoms with Gasteiger partial charge in [0.1, 0.15) is 10.6 Å². The van der Waals surface area contributed by atoms with E-state index in [1.54, 1.807) is 11.3 Å². The molecule has 0 spiro atoms. The number of hydrogen-bond donors (Lipinski definition) is 1. The van der Waals surface area contributed by atoms with E-state index in [4.69, 9.17) is 10.5 Å². The summed E-state index contributed by atoms with van der Waals surface area (Å²) in [6.45, 7) is 8.79. The van der Waals surface area contributed by atoms with Crippen molar-refractivity contribution in [3.8, 4) is 0 Å². The predicted octanol–water partition coefficient (Wildman–Crippen LogP) is 2.30. The summed E-state index contributed by atoms with van der Waals surface area (Å²) in [5.74, 6) is 0. The molecule has 0 bridgehead atoms. The van der Waals surface area contributed by atoms with Crippen molar-refractivity contribution in [3.05, 3.63) is 16.1 Å². The summed E-state index contributed by atoms with van der Waals surface area (Å²) in [4.78, 5) is 4.55. The topological polar surface area (TPSA) is 48.1 Å². The van der Waals surface area contributed by atoms with Crippen LogP contribution in [0.3, 0.4) is 0 Å². The molecule has 0 aliphatic carbocycles. The minimum atomic E-state index is -0.282. The SMILES string of the molecule is CCOC(C)(C)c1nc(CC(C)N)cs1. The predicted molar refractivity (Wildman–Crippen MR) is 64.1 cm³/mol. The fraction of sp³-hybridized carbons (Fsp3) is 0.727. The minimum Gasteiger partial charge on any atom is -0.369 e. The molecule has 4 heteroatoms. The summed E-state index contributed by atoms with van der Waals surface area (Å²) >= 11 is 1.65. The van der Waals surface area contributed by atoms with Crippen molar-refractivity contribution in [2.75, 3.05) is 6.61 Å². The molecule has 3 nitrogen and oxygen atoms in total. The normalized spacial score (nSPS) is 14.2. The van der Waals surface area contributed by atoms with Gasteiger partial charge in [-0.05, 0) is 27.7 Å². The number of nitrogens with zero attached hydrogens (tertiary/aromatic N) is 1. The first-order valence-corrected chi connectivity index (χ1v) is 6.18. The highest BCUT2D eigenvalue weighted by molar-refractivity contribution is 7.09. The second-order valence-corrected chi connectivity index (χ2v) is 5.13. The van der Waals surface area contributed by atoms with E-state index < -0.39 is 0 Å². The van der Waals surface area contributed by atoms with Crippen LogP contribution >= 0.6 is 11.3 Å². The Labute approximate surface area is 95.7 Å². The van der Waals surface area contributed by atoms with Crippen molar-refractivity contribution < 1.29 is 4.74 Å². The molecular weight excluding hydrogens is 208 g/mol. The third-order valence-electron chi connectivity index (χ3n) is 2.10. The molecule has 0 radical (unpaired) electrons. The quantitative estimate of drug-likeness (QED) is 0.841. The third kappa shape index (κ3) is 3.55. The van der Waals surface area contributed by atoms with Crippen LogP contribution in [-0.2, 0) is 16.8 Å². The van der Waals surface area contributed by atoms with Gasteiger partial charge in [-0.25, -0.2) is 4.98 Å². The second-order valence-electron chi connectivity index (χ2n) is 4.27. The summed E-state index contributed by atoms with van der Waals surface area (Å²) in [7, 11) is 0. The Morgan fingerprint density at radius 2 is 2.27 bits per heavy atom. The molecule has 0 aromatic carbocycles. The zero-order valence-electron chi connectivity index (χ0n) is 9.91. The van der Waals surface area contributed by atoms with E-state index in [-0.39, 0.29) is 11.6 Å². The van der Waals surface area contributed by atoms with E-state index in [9.17, 15) is 0 Å². The lowest BCUT2D eigenvalue weighted by atomic mass is 10.1. The summed E-state index contributed by atoms with van der Waals surface area (Å²) in [6.07, 6.45) is 0.832. The Balaban J connectivity index is 2.74. The molecule has 1 heterocycles. The maximum absolute atomic E-state index is 5.73. The van der Waals surface area contributed by atoms with Gasteiger partial charge in [0.25, 0.3) is 0 Å². The molecule has 1 unspecified atom stereocenters. The molecule has 86 valence electrons. The van der Waals surface area contributed by atoms with Crippen molar-refractivity contribution in [2.45, 2.75) is 45.8 Å². The first-order chi connectivity index (χ1) is 6.95. The van der Waals surface area contributed by atoms with Crippen molar-refractivity contribution >= 4 is 11.3 Å². The number of thiazole rings is 1. The molecule has 1 rings (SSSR count). The molecular formula is C11H20N2OS. The molecule has 0 saturated carbocycles. The van der Waals surface area contributed by atoms with Gasteiger partial charge in [-0.1, -0.05) is 0 Å². The van der Waals surface area contributed by atoms with Gasteiger partial charge in [0.05, 0.1) is 5.69 Å². The Kier molecular flexibility index (Phi) is 4.25. The average Bonchev–Trinajstić information content (AvgIpc) is 2.51. The van der Waals surface area contributed by atoms with Crippen LogP contribution in [0.25, 0.3) is 0 Å². The van der Waals surface area contributed by atoms with Gasteiger partial charge in [0, 0.05) is 24.4 Å². The molecule has 2 N–H and O–H groups in total. The highest BCUT2D eigenvalue weighted by Gasteiger charge is 2.24. The lowest BCUT2D eigenvalue weighted by Crippen LogP contribution is -2.22. The average molecular weight is 228 g/mol. The van der Waals surface area contributed by atoms with Gasteiger partial charge >= 0.3 is 0 Å². The molecule has 15 heavy (non-hydrogen) atoms. The van der Waals surface area contributed by atoms with Crippen LogP contribution in [0.1, 0.15) is 38.4 Å². The second kappa shape index (κ2) is 5.05. The first kappa shape index (κ1) is 12.6. The fourth-order valence-corrected chi connectivity index (χ4v) is 2.34. The van der Waals surface area contributed by atoms with Crippen molar-refractivity contribution in [1.29, 1.82) is 0 Å². The van der Waals surface area contributed by atoms with Crippen LogP contribution in [0.15, 0.2) is 5.38 Å². The van der Waals surface area contributed by atoms with Crippen LogP contribution in [-0.4, -0.2) is 17.6 Å². The zero-order chi connectivity index (χ0) is 11.5. The number of rotatable bonds is 5. The molecule has 0 fully saturated rings. The van der Waals surface area contributed by atoms with E-state index in [1.807, 2.05) is 27.7 Å². The van der Waals surface area contributed by atoms with Gasteiger partial charge in [-0.15, -0.1) is 11.3 Å². The Morgan fingerprint density at radius 1 is 1.60 bits per heavy atom. The summed E-state index contributed by atoms with van der Waals surface area (Å²) in [6, 6.07) is 0.162. The molecule has 1 aromatic heterocycles. The van der Waals surface area contributed by atoms with Gasteiger partial charge < -0.3 is 10.5 Å². The Morgan fingerprint density at radius 3 is 2.80 bits per heavy atom. The fourth-order valence-electron chi connectivity index (χ4n) is 1.43. The highest BCUT2D eigenvalue weighted by Crippen LogP contribution is 2.27. The molecule has 0 aliphatic rings. The van der Waals surface area contributed by atoms with Gasteiger partial charge in [0.2, 0.25) is 0 Å². The minimum absolute atomic E-state index is 0.162. The van der Waals surface area contributed by atoms with Crippen LogP contribution in [0.2, 0.25) is 0 Å². The standard InChI is InChI=1S/C11H20N2OS/c1-5-14-11(3,4)10-13-9(7-15-10)6-8(2)12/h7-8H,5-6,12H2,1-4H3. The van der Waals surface area contributed by atoms with Crippen LogP contribution in [0, 0.1) is 0 Å². The largest absolute Gasteiger partial charge is 0.369 e. The van der Waals surface area contributed by atoms with Gasteiger partial charge in [-0.2, -0.15) is 0 Å². The van der Waals surface area contributed by atoms with Crippen molar-refractivity contribution in [2.24, 2.45) is 5.73 Å². The zero-order valence-corrected chi connectivity index (χ0v) is 10.7. The lowest BCUT2D eigenvalue weighted by Gasteiger charge is -2.21. The smallest absolute Gasteiger partial charge is 0.124 e. The van der Waals surface area contributed by atoms with E-state index >= 15 is 0 Å². The van der Waals surface area contributed by atoms with E-state index in [2.05, 4.69) is 10.4 Å². The molecule has 1 atom stereocenters. The Hall–Kier alpha value is -0.450. The third-order valence-corrected chi connectivity index (χ3v) is 3.30. The molecule has 0 amide bonds. The highest BCUT2D eigenvalue weighted by atomic mass is 32.1. The number of nitrogens with two attached hydrogens (primary N) is 1. The van der Waals surface area contributed by atoms with Crippen LogP contribution < -0.4 is 5.73 Å². The number of aromatic nitrogens is 1. The number of ether oxygens (including phenoxy) is 1. The van der Waals surface area contributed by atoms with E-state index in [0.717, 1.165) is 17.1 Å². The van der Waals surface area contributed by atoms with E-state index in [0.29, 0.717) is 6.61 Å². The van der Waals surface area contributed by atoms with Crippen molar-refractivity contribution in [1.82, 2.24) is 4.98 Å². The maximum Gasteiger partial charge on any atom is 0.124 e. The van der Waals surface area contributed by atoms with Crippen LogP contribution in [0.4, 0.5) is 0 Å². The summed E-state index contributed by atoms with van der Waals surface area (Å²) in [5, 5.41) is 3.10. The molecule has 0 saturated heterocycles. The Bertz CT molecular complexity index is 307. The number of hydrogen-bond acceptors (Lipinski definition) is 4. The monoisotopic (exact) mass is 228 g/mol. The van der Waals surface area contributed by atoms with Crippen molar-refractivity contribution in [3.63, 3.8) is 0 Å². The molecule has 1 aromatic rings.